The van der Waals surface area contributed by atoms with E-state index in [1.807, 2.05) is 18.2 Å². The van der Waals surface area contributed by atoms with E-state index in [0.29, 0.717) is 22.6 Å². The minimum absolute atomic E-state index is 0.157. The first-order chi connectivity index (χ1) is 9.02. The molecule has 19 heavy (non-hydrogen) atoms. The quantitative estimate of drug-likeness (QED) is 0.874. The Kier molecular flexibility index (Phi) is 3.66. The number of benzene rings is 1. The number of nitrogens with zero attached hydrogens (tertiary/aromatic N) is 1. The molecule has 2 rings (SSSR count). The summed E-state index contributed by atoms with van der Waals surface area (Å²) >= 11 is 5.00. The van der Waals surface area contributed by atoms with Crippen LogP contribution in [0, 0.1) is 6.92 Å². The number of hydrogen-bond donors (Lipinski definition) is 1. The fourth-order valence-electron chi connectivity index (χ4n) is 1.87. The first kappa shape index (κ1) is 13.3. The number of carbonyl (C=O) groups excluding carboxylic acids is 1. The second-order valence-electron chi connectivity index (χ2n) is 4.14. The van der Waals surface area contributed by atoms with Crippen molar-refractivity contribution < 1.29 is 9.21 Å². The molecule has 0 atom stereocenters. The average Bonchev–Trinajstić information content (AvgIpc) is 2.83. The normalized spacial score (nSPS) is 10.2. The van der Waals surface area contributed by atoms with Gasteiger partial charge in [-0.15, -0.1) is 0 Å². The van der Waals surface area contributed by atoms with Gasteiger partial charge in [-0.1, -0.05) is 24.4 Å². The third-order valence-electron chi connectivity index (χ3n) is 2.92. The SMILES string of the molecule is Cc1occc1C(=O)N(C)c1ccccc1C(N)=S. The Balaban J connectivity index is 2.40. The molecule has 0 unspecified atom stereocenters. The fourth-order valence-corrected chi connectivity index (χ4v) is 2.04. The predicted octanol–water partition coefficient (Wildman–Crippen LogP) is 2.50. The van der Waals surface area contributed by atoms with Crippen LogP contribution in [0.2, 0.25) is 0 Å². The lowest BCUT2D eigenvalue weighted by atomic mass is 10.1. The molecule has 0 bridgehead atoms. The number of amides is 1. The molecule has 0 radical (unpaired) electrons. The third kappa shape index (κ3) is 2.51. The van der Waals surface area contributed by atoms with Gasteiger partial charge in [0.1, 0.15) is 10.7 Å². The van der Waals surface area contributed by atoms with Gasteiger partial charge < -0.3 is 15.1 Å². The summed E-state index contributed by atoms with van der Waals surface area (Å²) in [5, 5.41) is 0. The lowest BCUT2D eigenvalue weighted by Gasteiger charge is -2.20. The van der Waals surface area contributed by atoms with Gasteiger partial charge in [-0.25, -0.2) is 0 Å². The fraction of sp³-hybridized carbons (Fsp3) is 0.143. The highest BCUT2D eigenvalue weighted by Crippen LogP contribution is 2.22. The van der Waals surface area contributed by atoms with E-state index in [1.165, 1.54) is 11.2 Å². The Morgan fingerprint density at radius 3 is 2.53 bits per heavy atom. The molecule has 0 fully saturated rings. The van der Waals surface area contributed by atoms with Crippen LogP contribution in [0.15, 0.2) is 41.0 Å². The zero-order chi connectivity index (χ0) is 14.0. The van der Waals surface area contributed by atoms with E-state index in [-0.39, 0.29) is 10.9 Å². The standard InChI is InChI=1S/C14H14N2O2S/c1-9-10(7-8-18-9)14(17)16(2)12-6-4-3-5-11(12)13(15)19/h3-8H,1-2H3,(H2,15,19). The molecule has 5 heteroatoms. The topological polar surface area (TPSA) is 59.5 Å². The van der Waals surface area contributed by atoms with E-state index in [2.05, 4.69) is 0 Å². The van der Waals surface area contributed by atoms with Crippen molar-refractivity contribution in [2.75, 3.05) is 11.9 Å². The van der Waals surface area contributed by atoms with Crippen LogP contribution < -0.4 is 10.6 Å². The lowest BCUT2D eigenvalue weighted by Crippen LogP contribution is -2.28. The van der Waals surface area contributed by atoms with Crippen LogP contribution in [0.4, 0.5) is 5.69 Å². The first-order valence-electron chi connectivity index (χ1n) is 5.73. The van der Waals surface area contributed by atoms with Gasteiger partial charge in [0.2, 0.25) is 0 Å². The zero-order valence-corrected chi connectivity index (χ0v) is 11.5. The van der Waals surface area contributed by atoms with Crippen LogP contribution in [0.25, 0.3) is 0 Å². The van der Waals surface area contributed by atoms with Gasteiger partial charge in [0, 0.05) is 12.6 Å². The number of rotatable bonds is 3. The molecule has 0 aliphatic heterocycles. The highest BCUT2D eigenvalue weighted by Gasteiger charge is 2.19. The number of thiocarbonyl (C=S) groups is 1. The summed E-state index contributed by atoms with van der Waals surface area (Å²) in [6.45, 7) is 1.75. The minimum Gasteiger partial charge on any atom is -0.469 e. The second-order valence-corrected chi connectivity index (χ2v) is 4.58. The molecule has 0 aliphatic rings. The Bertz CT molecular complexity index is 634. The van der Waals surface area contributed by atoms with Gasteiger partial charge >= 0.3 is 0 Å². The number of aryl methyl sites for hydroxylation is 1. The summed E-state index contributed by atoms with van der Waals surface area (Å²) in [5.74, 6) is 0.430. The second kappa shape index (κ2) is 5.24. The van der Waals surface area contributed by atoms with Crippen LogP contribution in [0.3, 0.4) is 0 Å². The Labute approximate surface area is 116 Å². The predicted molar refractivity (Wildman–Crippen MR) is 78.5 cm³/mol. The minimum atomic E-state index is -0.157. The molecule has 2 aromatic rings. The number of furan rings is 1. The number of nitrogens with two attached hydrogens (primary N) is 1. The molecule has 1 aromatic carbocycles. The molecule has 98 valence electrons. The highest BCUT2D eigenvalue weighted by atomic mass is 32.1. The van der Waals surface area contributed by atoms with Gasteiger partial charge in [-0.3, -0.25) is 4.79 Å². The van der Waals surface area contributed by atoms with Gasteiger partial charge in [0.25, 0.3) is 5.91 Å². The van der Waals surface area contributed by atoms with Crippen molar-refractivity contribution in [3.05, 3.63) is 53.5 Å². The molecule has 4 nitrogen and oxygen atoms in total. The molecule has 1 heterocycles. The smallest absolute Gasteiger partial charge is 0.261 e. The number of carbonyl (C=O) groups is 1. The molecule has 0 saturated heterocycles. The van der Waals surface area contributed by atoms with Crippen molar-refractivity contribution in [2.24, 2.45) is 5.73 Å². The summed E-state index contributed by atoms with van der Waals surface area (Å²) < 4.78 is 5.15. The van der Waals surface area contributed by atoms with Crippen molar-refractivity contribution in [3.8, 4) is 0 Å². The van der Waals surface area contributed by atoms with Gasteiger partial charge in [-0.05, 0) is 25.1 Å². The molecule has 1 aromatic heterocycles. The van der Waals surface area contributed by atoms with Gasteiger partial charge in [0.05, 0.1) is 17.5 Å². The third-order valence-corrected chi connectivity index (χ3v) is 3.14. The van der Waals surface area contributed by atoms with Gasteiger partial charge in [0.15, 0.2) is 0 Å². The molecular formula is C14H14N2O2S. The lowest BCUT2D eigenvalue weighted by molar-refractivity contribution is 0.0991. The Hall–Kier alpha value is -2.14. The summed E-state index contributed by atoms with van der Waals surface area (Å²) in [6, 6.07) is 8.92. The number of hydrogen-bond acceptors (Lipinski definition) is 3. The van der Waals surface area contributed by atoms with E-state index in [9.17, 15) is 4.79 Å². The molecule has 0 aliphatic carbocycles. The maximum atomic E-state index is 12.4. The van der Waals surface area contributed by atoms with E-state index < -0.39 is 0 Å². The first-order valence-corrected chi connectivity index (χ1v) is 6.14. The maximum Gasteiger partial charge on any atom is 0.261 e. The highest BCUT2D eigenvalue weighted by molar-refractivity contribution is 7.80. The summed E-state index contributed by atoms with van der Waals surface area (Å²) in [6.07, 6.45) is 1.50. The van der Waals surface area contributed by atoms with Crippen LogP contribution in [-0.2, 0) is 0 Å². The van der Waals surface area contributed by atoms with Crippen LogP contribution in [0.1, 0.15) is 21.7 Å². The summed E-state index contributed by atoms with van der Waals surface area (Å²) in [7, 11) is 1.69. The monoisotopic (exact) mass is 274 g/mol. The van der Waals surface area contributed by atoms with E-state index in [1.54, 1.807) is 26.1 Å². The van der Waals surface area contributed by atoms with Crippen molar-refractivity contribution in [1.82, 2.24) is 0 Å². The molecular weight excluding hydrogens is 260 g/mol. The molecule has 2 N–H and O–H groups in total. The Morgan fingerprint density at radius 1 is 1.26 bits per heavy atom. The van der Waals surface area contributed by atoms with Gasteiger partial charge in [-0.2, -0.15) is 0 Å². The average molecular weight is 274 g/mol. The summed E-state index contributed by atoms with van der Waals surface area (Å²) in [4.78, 5) is 14.2. The molecule has 0 spiro atoms. The van der Waals surface area contributed by atoms with Crippen LogP contribution >= 0.6 is 12.2 Å². The van der Waals surface area contributed by atoms with Crippen LogP contribution in [0.5, 0.6) is 0 Å². The van der Waals surface area contributed by atoms with E-state index >= 15 is 0 Å². The van der Waals surface area contributed by atoms with E-state index in [4.69, 9.17) is 22.4 Å². The molecule has 0 saturated carbocycles. The maximum absolute atomic E-state index is 12.4. The van der Waals surface area contributed by atoms with E-state index in [0.717, 1.165) is 0 Å². The number of para-hydroxylation sites is 1. The zero-order valence-electron chi connectivity index (χ0n) is 10.7. The van der Waals surface area contributed by atoms with Crippen molar-refractivity contribution >= 4 is 28.8 Å². The largest absolute Gasteiger partial charge is 0.469 e. The van der Waals surface area contributed by atoms with Crippen molar-refractivity contribution in [3.63, 3.8) is 0 Å². The van der Waals surface area contributed by atoms with Crippen molar-refractivity contribution in [1.29, 1.82) is 0 Å². The van der Waals surface area contributed by atoms with Crippen molar-refractivity contribution in [2.45, 2.75) is 6.92 Å². The van der Waals surface area contributed by atoms with Crippen LogP contribution in [-0.4, -0.2) is 17.9 Å². The number of anilines is 1. The summed E-state index contributed by atoms with van der Waals surface area (Å²) in [5.41, 5.74) is 7.56. The molecule has 1 amide bonds. The Morgan fingerprint density at radius 2 is 1.95 bits per heavy atom.